The predicted molar refractivity (Wildman–Crippen MR) is 101 cm³/mol. The van der Waals surface area contributed by atoms with Gasteiger partial charge in [0, 0.05) is 12.4 Å². The van der Waals surface area contributed by atoms with Crippen LogP contribution in [0.5, 0.6) is 5.75 Å². The topological polar surface area (TPSA) is 73.2 Å². The van der Waals surface area contributed by atoms with Crippen molar-refractivity contribution in [2.75, 3.05) is 13.2 Å². The van der Waals surface area contributed by atoms with Gasteiger partial charge >= 0.3 is 0 Å². The molecule has 0 fully saturated rings. The Morgan fingerprint density at radius 1 is 1.08 bits per heavy atom. The number of para-hydroxylation sites is 1. The van der Waals surface area contributed by atoms with Crippen LogP contribution >= 0.6 is 0 Å². The van der Waals surface area contributed by atoms with Gasteiger partial charge in [-0.05, 0) is 31.0 Å². The molecule has 1 amide bonds. The largest absolute Gasteiger partial charge is 0.491 e. The Balaban J connectivity index is 1.71. The van der Waals surface area contributed by atoms with Crippen LogP contribution in [-0.2, 0) is 7.05 Å². The van der Waals surface area contributed by atoms with E-state index < -0.39 is 0 Å². The first-order valence-corrected chi connectivity index (χ1v) is 8.42. The fourth-order valence-corrected chi connectivity index (χ4v) is 2.90. The van der Waals surface area contributed by atoms with Crippen LogP contribution in [0.25, 0.3) is 10.8 Å². The Hall–Kier alpha value is -3.15. The molecule has 0 saturated carbocycles. The van der Waals surface area contributed by atoms with Gasteiger partial charge in [-0.3, -0.25) is 9.59 Å². The highest BCUT2D eigenvalue weighted by Crippen LogP contribution is 2.22. The van der Waals surface area contributed by atoms with Crippen LogP contribution in [-0.4, -0.2) is 28.8 Å². The van der Waals surface area contributed by atoms with E-state index in [1.54, 1.807) is 24.3 Å². The van der Waals surface area contributed by atoms with Crippen molar-refractivity contribution < 1.29 is 9.53 Å². The Morgan fingerprint density at radius 2 is 1.73 bits per heavy atom. The van der Waals surface area contributed by atoms with Crippen molar-refractivity contribution in [3.8, 4) is 5.75 Å². The first-order valence-electron chi connectivity index (χ1n) is 8.42. The normalized spacial score (nSPS) is 10.7. The summed E-state index contributed by atoms with van der Waals surface area (Å²) in [5.41, 5.74) is 2.12. The third kappa shape index (κ3) is 3.44. The molecule has 0 atom stereocenters. The minimum atomic E-state index is -0.332. The third-order valence-electron chi connectivity index (χ3n) is 4.21. The first kappa shape index (κ1) is 17.7. The lowest BCUT2D eigenvalue weighted by atomic mass is 10.1. The number of ether oxygens (including phenoxy) is 1. The maximum absolute atomic E-state index is 12.5. The van der Waals surface area contributed by atoms with E-state index in [0.717, 1.165) is 16.9 Å². The molecule has 2 aromatic carbocycles. The van der Waals surface area contributed by atoms with Crippen molar-refractivity contribution in [3.63, 3.8) is 0 Å². The van der Waals surface area contributed by atoms with E-state index in [1.807, 2.05) is 32.0 Å². The molecule has 1 aromatic heterocycles. The number of aryl methyl sites for hydroxylation is 3. The Kier molecular flexibility index (Phi) is 5.02. The van der Waals surface area contributed by atoms with Crippen molar-refractivity contribution in [2.45, 2.75) is 13.8 Å². The highest BCUT2D eigenvalue weighted by atomic mass is 16.5. The van der Waals surface area contributed by atoms with E-state index in [1.165, 1.54) is 11.7 Å². The summed E-state index contributed by atoms with van der Waals surface area (Å²) in [5.74, 6) is 0.509. The molecule has 0 radical (unpaired) electrons. The number of nitrogens with one attached hydrogen (secondary N) is 1. The summed E-state index contributed by atoms with van der Waals surface area (Å²) in [6, 6.07) is 12.9. The van der Waals surface area contributed by atoms with Crippen molar-refractivity contribution in [1.82, 2.24) is 15.1 Å². The molecule has 0 spiro atoms. The van der Waals surface area contributed by atoms with Gasteiger partial charge < -0.3 is 10.1 Å². The van der Waals surface area contributed by atoms with E-state index >= 15 is 0 Å². The summed E-state index contributed by atoms with van der Waals surface area (Å²) < 4.78 is 6.98. The quantitative estimate of drug-likeness (QED) is 0.716. The molecule has 6 nitrogen and oxygen atoms in total. The lowest BCUT2D eigenvalue weighted by Gasteiger charge is -2.13. The number of carbonyl (C=O) groups excluding carboxylic acids is 1. The van der Waals surface area contributed by atoms with Crippen LogP contribution in [0.1, 0.15) is 21.6 Å². The van der Waals surface area contributed by atoms with Crippen LogP contribution < -0.4 is 15.6 Å². The van der Waals surface area contributed by atoms with Gasteiger partial charge in [-0.25, -0.2) is 4.68 Å². The lowest BCUT2D eigenvalue weighted by molar-refractivity contribution is 0.0941. The summed E-state index contributed by atoms with van der Waals surface area (Å²) in [6.07, 6.45) is 0. The minimum Gasteiger partial charge on any atom is -0.491 e. The average molecular weight is 351 g/mol. The third-order valence-corrected chi connectivity index (χ3v) is 4.21. The van der Waals surface area contributed by atoms with Crippen LogP contribution in [0.15, 0.2) is 47.3 Å². The summed E-state index contributed by atoms with van der Waals surface area (Å²) in [6.45, 7) is 4.66. The maximum atomic E-state index is 12.5. The first-order chi connectivity index (χ1) is 12.5. The standard InChI is InChI=1S/C20H21N3O3/c1-13-7-6-8-14(2)18(13)26-12-11-21-19(24)17-15-9-4-5-10-16(15)20(25)23(3)22-17/h4-10H,11-12H2,1-3H3,(H,21,24). The van der Waals surface area contributed by atoms with Crippen molar-refractivity contribution in [3.05, 3.63) is 69.6 Å². The molecule has 134 valence electrons. The predicted octanol–water partition coefficient (Wildman–Crippen LogP) is 2.36. The molecular weight excluding hydrogens is 330 g/mol. The number of benzene rings is 2. The van der Waals surface area contributed by atoms with Gasteiger partial charge in [0.2, 0.25) is 0 Å². The van der Waals surface area contributed by atoms with Crippen LogP contribution in [0, 0.1) is 13.8 Å². The van der Waals surface area contributed by atoms with Gasteiger partial charge in [0.05, 0.1) is 11.9 Å². The van der Waals surface area contributed by atoms with Gasteiger partial charge in [0.25, 0.3) is 11.5 Å². The summed E-state index contributed by atoms with van der Waals surface area (Å²) >= 11 is 0. The lowest BCUT2D eigenvalue weighted by Crippen LogP contribution is -2.32. The molecule has 0 unspecified atom stereocenters. The fraction of sp³-hybridized carbons (Fsp3) is 0.250. The zero-order chi connectivity index (χ0) is 18.7. The van der Waals surface area contributed by atoms with Crippen molar-refractivity contribution >= 4 is 16.7 Å². The molecule has 0 aliphatic rings. The van der Waals surface area contributed by atoms with Crippen LogP contribution in [0.3, 0.4) is 0 Å². The van der Waals surface area contributed by atoms with E-state index in [0.29, 0.717) is 23.9 Å². The average Bonchev–Trinajstić information content (AvgIpc) is 2.63. The number of nitrogens with zero attached hydrogens (tertiary/aromatic N) is 2. The Bertz CT molecular complexity index is 1000. The zero-order valence-corrected chi connectivity index (χ0v) is 15.1. The molecule has 0 saturated heterocycles. The van der Waals surface area contributed by atoms with Crippen molar-refractivity contribution in [2.24, 2.45) is 7.05 Å². The van der Waals surface area contributed by atoms with Gasteiger partial charge in [-0.1, -0.05) is 36.4 Å². The number of hydrogen-bond donors (Lipinski definition) is 1. The van der Waals surface area contributed by atoms with E-state index in [4.69, 9.17) is 4.74 Å². The molecule has 3 rings (SSSR count). The maximum Gasteiger partial charge on any atom is 0.274 e. The molecule has 3 aromatic rings. The van der Waals surface area contributed by atoms with Gasteiger partial charge in [0.1, 0.15) is 12.4 Å². The zero-order valence-electron chi connectivity index (χ0n) is 15.1. The molecular formula is C20H21N3O3. The molecule has 0 aliphatic carbocycles. The second-order valence-electron chi connectivity index (χ2n) is 6.15. The molecule has 1 N–H and O–H groups in total. The van der Waals surface area contributed by atoms with Gasteiger partial charge in [-0.15, -0.1) is 0 Å². The molecule has 0 aliphatic heterocycles. The number of amides is 1. The SMILES string of the molecule is Cc1cccc(C)c1OCCNC(=O)c1nn(C)c(=O)c2ccccc12. The molecule has 0 bridgehead atoms. The van der Waals surface area contributed by atoms with E-state index in [-0.39, 0.29) is 17.2 Å². The van der Waals surface area contributed by atoms with Gasteiger partial charge in [-0.2, -0.15) is 5.10 Å². The molecule has 26 heavy (non-hydrogen) atoms. The monoisotopic (exact) mass is 351 g/mol. The van der Waals surface area contributed by atoms with Gasteiger partial charge in [0.15, 0.2) is 5.69 Å². The number of aromatic nitrogens is 2. The Labute approximate surface area is 151 Å². The summed E-state index contributed by atoms with van der Waals surface area (Å²) in [4.78, 5) is 24.7. The Morgan fingerprint density at radius 3 is 2.42 bits per heavy atom. The van der Waals surface area contributed by atoms with Crippen LogP contribution in [0.2, 0.25) is 0 Å². The van der Waals surface area contributed by atoms with Crippen molar-refractivity contribution in [1.29, 1.82) is 0 Å². The second kappa shape index (κ2) is 7.39. The number of hydrogen-bond acceptors (Lipinski definition) is 4. The highest BCUT2D eigenvalue weighted by Gasteiger charge is 2.15. The number of fused-ring (bicyclic) bond motifs is 1. The minimum absolute atomic E-state index is 0.226. The number of carbonyl (C=O) groups is 1. The second-order valence-corrected chi connectivity index (χ2v) is 6.15. The highest BCUT2D eigenvalue weighted by molar-refractivity contribution is 6.04. The summed E-state index contributed by atoms with van der Waals surface area (Å²) in [5, 5.41) is 7.94. The summed E-state index contributed by atoms with van der Waals surface area (Å²) in [7, 11) is 1.54. The van der Waals surface area contributed by atoms with E-state index in [9.17, 15) is 9.59 Å². The number of rotatable bonds is 5. The fourth-order valence-electron chi connectivity index (χ4n) is 2.90. The molecule has 6 heteroatoms. The smallest absolute Gasteiger partial charge is 0.274 e. The van der Waals surface area contributed by atoms with E-state index in [2.05, 4.69) is 10.4 Å². The molecule has 1 heterocycles. The van der Waals surface area contributed by atoms with Crippen LogP contribution in [0.4, 0.5) is 0 Å².